The molecule has 1 heterocycles. The number of nitrogens with zero attached hydrogens (tertiary/aromatic N) is 1. The van der Waals surface area contributed by atoms with Crippen molar-refractivity contribution in [3.8, 4) is 0 Å². The number of fused-ring (bicyclic) bond motifs is 2. The van der Waals surface area contributed by atoms with Crippen LogP contribution in [0.1, 0.15) is 75.3 Å². The summed E-state index contributed by atoms with van der Waals surface area (Å²) in [5, 5.41) is 0. The maximum Gasteiger partial charge on any atom is 0.143 e. The van der Waals surface area contributed by atoms with Crippen molar-refractivity contribution < 1.29 is 4.79 Å². The number of aryl methyl sites for hydroxylation is 1. The average Bonchev–Trinajstić information content (AvgIpc) is 2.62. The van der Waals surface area contributed by atoms with Gasteiger partial charge in [0.05, 0.1) is 5.41 Å². The van der Waals surface area contributed by atoms with Crippen molar-refractivity contribution in [1.29, 1.82) is 0 Å². The molecule has 1 aromatic rings. The zero-order chi connectivity index (χ0) is 17.1. The molecule has 1 spiro atoms. The second-order valence-electron chi connectivity index (χ2n) is 8.67. The lowest BCUT2D eigenvalue weighted by Gasteiger charge is -2.45. The van der Waals surface area contributed by atoms with Crippen molar-refractivity contribution in [2.24, 2.45) is 5.92 Å². The predicted molar refractivity (Wildman–Crippen MR) is 110 cm³/mol. The standard InChI is InChI=1S/C23H33NO.ClH/c25-22-13-12-20-10-6-7-11-21(20)23(22)14-16-24(17-15-23)18-19-8-4-2-1-3-5-9-19;/h6-7,10-11,19H,1-5,8-9,12-18H2;1H. The summed E-state index contributed by atoms with van der Waals surface area (Å²) >= 11 is 0. The van der Waals surface area contributed by atoms with Crippen LogP contribution in [0.3, 0.4) is 0 Å². The molecule has 0 atom stereocenters. The first-order chi connectivity index (χ1) is 12.3. The predicted octanol–water partition coefficient (Wildman–Crippen LogP) is 5.32. The van der Waals surface area contributed by atoms with Crippen LogP contribution in [0.2, 0.25) is 0 Å². The fourth-order valence-electron chi connectivity index (χ4n) is 5.60. The molecule has 1 saturated carbocycles. The van der Waals surface area contributed by atoms with E-state index in [4.69, 9.17) is 0 Å². The average molecular weight is 376 g/mol. The molecule has 4 rings (SSSR count). The zero-order valence-electron chi connectivity index (χ0n) is 16.0. The van der Waals surface area contributed by atoms with Crippen molar-refractivity contribution >= 4 is 18.2 Å². The molecule has 3 heteroatoms. The van der Waals surface area contributed by atoms with E-state index in [-0.39, 0.29) is 17.8 Å². The van der Waals surface area contributed by atoms with Gasteiger partial charge < -0.3 is 4.90 Å². The maximum absolute atomic E-state index is 12.9. The van der Waals surface area contributed by atoms with Crippen molar-refractivity contribution in [1.82, 2.24) is 4.90 Å². The molecule has 0 radical (unpaired) electrons. The Morgan fingerprint density at radius 2 is 1.58 bits per heavy atom. The summed E-state index contributed by atoms with van der Waals surface area (Å²) in [6.07, 6.45) is 13.8. The first kappa shape index (κ1) is 19.9. The Bertz CT molecular complexity index is 598. The largest absolute Gasteiger partial charge is 0.303 e. The Morgan fingerprint density at radius 1 is 0.923 bits per heavy atom. The molecule has 1 saturated heterocycles. The van der Waals surface area contributed by atoms with Crippen LogP contribution in [0.25, 0.3) is 0 Å². The van der Waals surface area contributed by atoms with Gasteiger partial charge in [0.1, 0.15) is 5.78 Å². The van der Waals surface area contributed by atoms with Gasteiger partial charge in [0.25, 0.3) is 0 Å². The minimum Gasteiger partial charge on any atom is -0.303 e. The minimum atomic E-state index is -0.160. The van der Waals surface area contributed by atoms with E-state index >= 15 is 0 Å². The van der Waals surface area contributed by atoms with Gasteiger partial charge >= 0.3 is 0 Å². The first-order valence-electron chi connectivity index (χ1n) is 10.6. The van der Waals surface area contributed by atoms with Crippen LogP contribution in [-0.4, -0.2) is 30.3 Å². The van der Waals surface area contributed by atoms with Gasteiger partial charge in [0.2, 0.25) is 0 Å². The molecule has 0 bridgehead atoms. The molecule has 2 nitrogen and oxygen atoms in total. The summed E-state index contributed by atoms with van der Waals surface area (Å²) in [5.74, 6) is 1.40. The Hall–Kier alpha value is -0.860. The summed E-state index contributed by atoms with van der Waals surface area (Å²) in [6, 6.07) is 8.73. The van der Waals surface area contributed by atoms with Crippen molar-refractivity contribution in [2.75, 3.05) is 19.6 Å². The Kier molecular flexibility index (Phi) is 6.80. The van der Waals surface area contributed by atoms with Gasteiger partial charge in [-0.1, -0.05) is 56.4 Å². The molecule has 0 N–H and O–H groups in total. The van der Waals surface area contributed by atoms with E-state index in [1.807, 2.05) is 0 Å². The Labute approximate surface area is 165 Å². The number of ketones is 1. The fraction of sp³-hybridized carbons (Fsp3) is 0.696. The number of carbonyl (C=O) groups is 1. The summed E-state index contributed by atoms with van der Waals surface area (Å²) in [6.45, 7) is 3.49. The third-order valence-corrected chi connectivity index (χ3v) is 7.14. The normalized spacial score (nSPS) is 24.4. The number of hydrogen-bond acceptors (Lipinski definition) is 2. The molecule has 0 amide bonds. The van der Waals surface area contributed by atoms with E-state index < -0.39 is 0 Å². The van der Waals surface area contributed by atoms with Crippen molar-refractivity contribution in [3.63, 3.8) is 0 Å². The molecular weight excluding hydrogens is 342 g/mol. The van der Waals surface area contributed by atoms with E-state index in [0.717, 1.165) is 44.7 Å². The molecule has 144 valence electrons. The molecule has 26 heavy (non-hydrogen) atoms. The molecule has 2 aliphatic carbocycles. The molecule has 0 unspecified atom stereocenters. The van der Waals surface area contributed by atoms with Gasteiger partial charge in [-0.2, -0.15) is 0 Å². The lowest BCUT2D eigenvalue weighted by Crippen LogP contribution is -2.50. The van der Waals surface area contributed by atoms with Gasteiger partial charge in [-0.05, 0) is 62.2 Å². The molecule has 1 aliphatic heterocycles. The maximum atomic E-state index is 12.9. The summed E-state index contributed by atoms with van der Waals surface area (Å²) in [5.41, 5.74) is 2.62. The summed E-state index contributed by atoms with van der Waals surface area (Å²) in [7, 11) is 0. The summed E-state index contributed by atoms with van der Waals surface area (Å²) < 4.78 is 0. The smallest absolute Gasteiger partial charge is 0.143 e. The number of hydrogen-bond donors (Lipinski definition) is 0. The molecule has 1 aromatic carbocycles. The third kappa shape index (κ3) is 4.02. The number of carbonyl (C=O) groups excluding carboxylic acids is 1. The van der Waals surface area contributed by atoms with Crippen LogP contribution in [-0.2, 0) is 16.6 Å². The quantitative estimate of drug-likeness (QED) is 0.697. The molecular formula is C23H34ClNO. The molecule has 0 aromatic heterocycles. The van der Waals surface area contributed by atoms with Crippen molar-refractivity contribution in [3.05, 3.63) is 35.4 Å². The number of likely N-dealkylation sites (tertiary alicyclic amines) is 1. The summed E-state index contributed by atoms with van der Waals surface area (Å²) in [4.78, 5) is 15.6. The highest BCUT2D eigenvalue weighted by molar-refractivity contribution is 5.92. The second kappa shape index (κ2) is 8.89. The monoisotopic (exact) mass is 375 g/mol. The lowest BCUT2D eigenvalue weighted by molar-refractivity contribution is -0.127. The number of halogens is 1. The van der Waals surface area contributed by atoms with Crippen molar-refractivity contribution in [2.45, 2.75) is 76.0 Å². The van der Waals surface area contributed by atoms with Crippen LogP contribution in [0.5, 0.6) is 0 Å². The number of rotatable bonds is 2. The van der Waals surface area contributed by atoms with Gasteiger partial charge in [-0.3, -0.25) is 4.79 Å². The highest BCUT2D eigenvalue weighted by atomic mass is 35.5. The first-order valence-corrected chi connectivity index (χ1v) is 10.6. The number of Topliss-reactive ketones (excluding diaryl/α,β-unsaturated/α-hetero) is 1. The fourth-order valence-corrected chi connectivity index (χ4v) is 5.60. The van der Waals surface area contributed by atoms with E-state index in [1.54, 1.807) is 0 Å². The topological polar surface area (TPSA) is 20.3 Å². The highest BCUT2D eigenvalue weighted by Crippen LogP contribution is 2.42. The van der Waals surface area contributed by atoms with E-state index in [9.17, 15) is 4.79 Å². The number of benzene rings is 1. The van der Waals surface area contributed by atoms with Crippen LogP contribution >= 0.6 is 12.4 Å². The minimum absolute atomic E-state index is 0. The van der Waals surface area contributed by atoms with Gasteiger partial charge in [-0.15, -0.1) is 12.4 Å². The van der Waals surface area contributed by atoms with Crippen LogP contribution in [0.4, 0.5) is 0 Å². The SMILES string of the molecule is Cl.O=C1CCc2ccccc2C12CCN(CC1CCCCCCC1)CC2. The van der Waals surface area contributed by atoms with E-state index in [2.05, 4.69) is 29.2 Å². The molecule has 2 fully saturated rings. The third-order valence-electron chi connectivity index (χ3n) is 7.14. The lowest BCUT2D eigenvalue weighted by atomic mass is 9.64. The van der Waals surface area contributed by atoms with Gasteiger partial charge in [0, 0.05) is 13.0 Å². The second-order valence-corrected chi connectivity index (χ2v) is 8.67. The number of piperidine rings is 1. The zero-order valence-corrected chi connectivity index (χ0v) is 16.9. The van der Waals surface area contributed by atoms with Gasteiger partial charge in [-0.25, -0.2) is 0 Å². The van der Waals surface area contributed by atoms with E-state index in [1.165, 1.54) is 62.6 Å². The van der Waals surface area contributed by atoms with Crippen LogP contribution in [0, 0.1) is 5.92 Å². The van der Waals surface area contributed by atoms with Gasteiger partial charge in [0.15, 0.2) is 0 Å². The molecule has 3 aliphatic rings. The highest BCUT2D eigenvalue weighted by Gasteiger charge is 2.45. The Balaban J connectivity index is 0.00000196. The Morgan fingerprint density at radius 3 is 2.31 bits per heavy atom. The van der Waals surface area contributed by atoms with Crippen LogP contribution in [0.15, 0.2) is 24.3 Å². The van der Waals surface area contributed by atoms with E-state index in [0.29, 0.717) is 5.78 Å². The van der Waals surface area contributed by atoms with Crippen LogP contribution < -0.4 is 0 Å².